The zero-order chi connectivity index (χ0) is 15.4. The van der Waals surface area contributed by atoms with Gasteiger partial charge in [-0.25, -0.2) is 4.68 Å². The summed E-state index contributed by atoms with van der Waals surface area (Å²) >= 11 is 0. The van der Waals surface area contributed by atoms with Gasteiger partial charge in [0.1, 0.15) is 0 Å². The van der Waals surface area contributed by atoms with Gasteiger partial charge < -0.3 is 5.32 Å². The fraction of sp³-hybridized carbons (Fsp3) is 0.471. The van der Waals surface area contributed by atoms with Crippen LogP contribution in [0.2, 0.25) is 0 Å². The van der Waals surface area contributed by atoms with E-state index in [1.165, 1.54) is 12.8 Å². The molecule has 116 valence electrons. The molecule has 1 aliphatic rings. The number of carbonyl (C=O) groups excluding carboxylic acids is 1. The fourth-order valence-corrected chi connectivity index (χ4v) is 2.91. The minimum Gasteiger partial charge on any atom is -0.348 e. The monoisotopic (exact) mass is 298 g/mol. The molecule has 0 bridgehead atoms. The van der Waals surface area contributed by atoms with Gasteiger partial charge in [-0.15, -0.1) is 5.10 Å². The maximum atomic E-state index is 12.2. The van der Waals surface area contributed by atoms with Crippen LogP contribution in [0.4, 0.5) is 0 Å². The van der Waals surface area contributed by atoms with E-state index in [1.807, 2.05) is 30.3 Å². The Bertz CT molecular complexity index is 615. The van der Waals surface area contributed by atoms with Crippen molar-refractivity contribution < 1.29 is 4.79 Å². The third-order valence-corrected chi connectivity index (χ3v) is 4.31. The van der Waals surface area contributed by atoms with Crippen LogP contribution in [0, 0.1) is 5.92 Å². The molecule has 1 saturated carbocycles. The van der Waals surface area contributed by atoms with E-state index in [-0.39, 0.29) is 11.9 Å². The number of carbonyl (C=O) groups is 1. The number of nitrogens with zero attached hydrogens (tertiary/aromatic N) is 3. The summed E-state index contributed by atoms with van der Waals surface area (Å²) in [5.74, 6) is 0.666. The molecule has 1 heterocycles. The van der Waals surface area contributed by atoms with Crippen LogP contribution in [0.1, 0.15) is 48.7 Å². The lowest BCUT2D eigenvalue weighted by Gasteiger charge is -2.26. The van der Waals surface area contributed by atoms with Crippen molar-refractivity contribution in [2.45, 2.75) is 45.2 Å². The lowest BCUT2D eigenvalue weighted by atomic mass is 9.87. The first kappa shape index (κ1) is 14.8. The molecule has 0 atom stereocenters. The number of rotatable bonds is 4. The zero-order valence-electron chi connectivity index (χ0n) is 12.9. The summed E-state index contributed by atoms with van der Waals surface area (Å²) < 4.78 is 1.70. The summed E-state index contributed by atoms with van der Waals surface area (Å²) in [6, 6.07) is 10.3. The highest BCUT2D eigenvalue weighted by Crippen LogP contribution is 2.23. The van der Waals surface area contributed by atoms with Crippen LogP contribution < -0.4 is 5.32 Å². The van der Waals surface area contributed by atoms with Gasteiger partial charge in [-0.2, -0.15) is 0 Å². The molecule has 1 fully saturated rings. The van der Waals surface area contributed by atoms with Gasteiger partial charge in [-0.3, -0.25) is 4.79 Å². The summed E-state index contributed by atoms with van der Waals surface area (Å²) in [6.07, 6.45) is 6.21. The average molecular weight is 298 g/mol. The van der Waals surface area contributed by atoms with E-state index >= 15 is 0 Å². The van der Waals surface area contributed by atoms with Crippen molar-refractivity contribution in [2.24, 2.45) is 5.92 Å². The van der Waals surface area contributed by atoms with Crippen LogP contribution in [-0.2, 0) is 6.54 Å². The molecular weight excluding hydrogens is 276 g/mol. The Balaban J connectivity index is 1.57. The predicted molar refractivity (Wildman–Crippen MR) is 84.5 cm³/mol. The number of aromatic nitrogens is 3. The summed E-state index contributed by atoms with van der Waals surface area (Å²) in [5.41, 5.74) is 1.54. The standard InChI is InChI=1S/C17H22N4O/c1-13-7-9-15(10-8-13)18-17(22)16-12-21(20-19-16)11-14-5-3-2-4-6-14/h2-6,12-13,15H,7-11H2,1H3,(H,18,22). The third-order valence-electron chi connectivity index (χ3n) is 4.31. The van der Waals surface area contributed by atoms with Crippen molar-refractivity contribution in [3.63, 3.8) is 0 Å². The molecule has 5 nitrogen and oxygen atoms in total. The molecule has 0 unspecified atom stereocenters. The van der Waals surface area contributed by atoms with Crippen molar-refractivity contribution >= 4 is 5.91 Å². The van der Waals surface area contributed by atoms with Crippen molar-refractivity contribution in [1.82, 2.24) is 20.3 Å². The number of nitrogens with one attached hydrogen (secondary N) is 1. The smallest absolute Gasteiger partial charge is 0.273 e. The summed E-state index contributed by atoms with van der Waals surface area (Å²) in [6.45, 7) is 2.90. The lowest BCUT2D eigenvalue weighted by Crippen LogP contribution is -2.37. The van der Waals surface area contributed by atoms with E-state index in [0.29, 0.717) is 12.2 Å². The SMILES string of the molecule is CC1CCC(NC(=O)c2cn(Cc3ccccc3)nn2)CC1. The first-order chi connectivity index (χ1) is 10.7. The van der Waals surface area contributed by atoms with Crippen molar-refractivity contribution in [3.8, 4) is 0 Å². The summed E-state index contributed by atoms with van der Waals surface area (Å²) in [7, 11) is 0. The molecule has 22 heavy (non-hydrogen) atoms. The summed E-state index contributed by atoms with van der Waals surface area (Å²) in [4.78, 5) is 12.2. The number of hydrogen-bond donors (Lipinski definition) is 1. The third kappa shape index (κ3) is 3.72. The van der Waals surface area contributed by atoms with E-state index in [4.69, 9.17) is 0 Å². The van der Waals surface area contributed by atoms with Crippen LogP contribution in [0.3, 0.4) is 0 Å². The Labute approximate surface area is 130 Å². The van der Waals surface area contributed by atoms with Gasteiger partial charge in [0.25, 0.3) is 5.91 Å². The lowest BCUT2D eigenvalue weighted by molar-refractivity contribution is 0.0918. The predicted octanol–water partition coefficient (Wildman–Crippen LogP) is 2.63. The zero-order valence-corrected chi connectivity index (χ0v) is 12.9. The molecule has 3 rings (SSSR count). The van der Waals surface area contributed by atoms with Gasteiger partial charge in [0.15, 0.2) is 5.69 Å². The highest BCUT2D eigenvalue weighted by molar-refractivity contribution is 5.92. The second-order valence-corrected chi connectivity index (χ2v) is 6.22. The number of benzene rings is 1. The van der Waals surface area contributed by atoms with Crippen molar-refractivity contribution in [3.05, 3.63) is 47.8 Å². The van der Waals surface area contributed by atoms with E-state index in [2.05, 4.69) is 22.6 Å². The highest BCUT2D eigenvalue weighted by Gasteiger charge is 2.21. The van der Waals surface area contributed by atoms with Crippen molar-refractivity contribution in [2.75, 3.05) is 0 Å². The first-order valence-electron chi connectivity index (χ1n) is 7.95. The maximum Gasteiger partial charge on any atom is 0.273 e. The molecule has 1 aromatic carbocycles. The Morgan fingerprint density at radius 2 is 1.95 bits per heavy atom. The minimum atomic E-state index is -0.112. The van der Waals surface area contributed by atoms with Gasteiger partial charge in [0, 0.05) is 6.04 Å². The Kier molecular flexibility index (Phi) is 4.51. The molecule has 0 spiro atoms. The molecule has 1 N–H and O–H groups in total. The fourth-order valence-electron chi connectivity index (χ4n) is 2.91. The molecule has 0 aliphatic heterocycles. The maximum absolute atomic E-state index is 12.2. The van der Waals surface area contributed by atoms with Crippen molar-refractivity contribution in [1.29, 1.82) is 0 Å². The first-order valence-corrected chi connectivity index (χ1v) is 7.95. The molecule has 0 saturated heterocycles. The van der Waals surface area contributed by atoms with Gasteiger partial charge >= 0.3 is 0 Å². The van der Waals surface area contributed by atoms with Gasteiger partial charge in [-0.05, 0) is 37.2 Å². The molecule has 1 aromatic heterocycles. The average Bonchev–Trinajstić information content (AvgIpc) is 2.99. The van der Waals surface area contributed by atoms with Crippen LogP contribution in [-0.4, -0.2) is 26.9 Å². The minimum absolute atomic E-state index is 0.112. The molecule has 5 heteroatoms. The highest BCUT2D eigenvalue weighted by atomic mass is 16.2. The normalized spacial score (nSPS) is 21.5. The van der Waals surface area contributed by atoms with E-state index in [0.717, 1.165) is 24.3 Å². The molecule has 2 aromatic rings. The van der Waals surface area contributed by atoms with Crippen LogP contribution in [0.15, 0.2) is 36.5 Å². The van der Waals surface area contributed by atoms with E-state index in [9.17, 15) is 4.79 Å². The van der Waals surface area contributed by atoms with Gasteiger partial charge in [-0.1, -0.05) is 42.5 Å². The Hall–Kier alpha value is -2.17. The molecule has 0 radical (unpaired) electrons. The van der Waals surface area contributed by atoms with Gasteiger partial charge in [0.2, 0.25) is 0 Å². The number of hydrogen-bond acceptors (Lipinski definition) is 3. The quantitative estimate of drug-likeness (QED) is 0.944. The Morgan fingerprint density at radius 1 is 1.23 bits per heavy atom. The second kappa shape index (κ2) is 6.73. The van der Waals surface area contributed by atoms with Crippen LogP contribution in [0.25, 0.3) is 0 Å². The molecular formula is C17H22N4O. The topological polar surface area (TPSA) is 59.8 Å². The molecule has 1 amide bonds. The van der Waals surface area contributed by atoms with E-state index in [1.54, 1.807) is 10.9 Å². The van der Waals surface area contributed by atoms with Crippen LogP contribution >= 0.6 is 0 Å². The van der Waals surface area contributed by atoms with Crippen LogP contribution in [0.5, 0.6) is 0 Å². The summed E-state index contributed by atoms with van der Waals surface area (Å²) in [5, 5.41) is 11.1. The molecule has 1 aliphatic carbocycles. The van der Waals surface area contributed by atoms with E-state index < -0.39 is 0 Å². The number of amides is 1. The largest absolute Gasteiger partial charge is 0.348 e. The second-order valence-electron chi connectivity index (χ2n) is 6.22. The van der Waals surface area contributed by atoms with Gasteiger partial charge in [0.05, 0.1) is 12.7 Å². The Morgan fingerprint density at radius 3 is 2.68 bits per heavy atom.